The molecule has 0 atom stereocenters. The Labute approximate surface area is 104 Å². The molecule has 0 radical (unpaired) electrons. The van der Waals surface area contributed by atoms with Gasteiger partial charge in [-0.05, 0) is 25.5 Å². The highest BCUT2D eigenvalue weighted by Gasteiger charge is 2.14. The van der Waals surface area contributed by atoms with Crippen LogP contribution in [-0.2, 0) is 4.74 Å². The Morgan fingerprint density at radius 3 is 2.81 bits per heavy atom. The first-order chi connectivity index (χ1) is 7.62. The maximum atomic E-state index is 11.4. The second kappa shape index (κ2) is 5.89. The van der Waals surface area contributed by atoms with Gasteiger partial charge < -0.3 is 9.15 Å². The zero-order valence-corrected chi connectivity index (χ0v) is 11.3. The molecule has 0 aliphatic carbocycles. The molecule has 4 heteroatoms. The van der Waals surface area contributed by atoms with Gasteiger partial charge in [-0.3, -0.25) is 0 Å². The van der Waals surface area contributed by atoms with Crippen LogP contribution in [0.2, 0.25) is 0 Å². The molecule has 0 N–H and O–H groups in total. The van der Waals surface area contributed by atoms with E-state index in [0.717, 1.165) is 11.8 Å². The van der Waals surface area contributed by atoms with Crippen molar-refractivity contribution in [3.05, 3.63) is 28.7 Å². The van der Waals surface area contributed by atoms with Crippen molar-refractivity contribution in [2.75, 3.05) is 12.4 Å². The van der Waals surface area contributed by atoms with Crippen molar-refractivity contribution in [2.45, 2.75) is 20.3 Å². The molecule has 1 aromatic heterocycles. The van der Waals surface area contributed by atoms with E-state index in [1.54, 1.807) is 13.0 Å². The van der Waals surface area contributed by atoms with E-state index < -0.39 is 0 Å². The van der Waals surface area contributed by atoms with Crippen LogP contribution in [0.1, 0.15) is 35.2 Å². The molecule has 1 heterocycles. The number of alkyl halides is 1. The minimum absolute atomic E-state index is 0.363. The van der Waals surface area contributed by atoms with E-state index in [0.29, 0.717) is 17.1 Å². The van der Waals surface area contributed by atoms with Crippen molar-refractivity contribution in [2.24, 2.45) is 0 Å². The van der Waals surface area contributed by atoms with Crippen molar-refractivity contribution >= 4 is 28.0 Å². The summed E-state index contributed by atoms with van der Waals surface area (Å²) in [5.74, 6) is 0.912. The fraction of sp³-hybridized carbons (Fsp3) is 0.417. The van der Waals surface area contributed by atoms with Crippen molar-refractivity contribution in [3.8, 4) is 0 Å². The predicted octanol–water partition coefficient (Wildman–Crippen LogP) is 3.56. The van der Waals surface area contributed by atoms with E-state index in [2.05, 4.69) is 27.6 Å². The van der Waals surface area contributed by atoms with E-state index in [9.17, 15) is 4.79 Å². The molecule has 1 rings (SSSR count). The summed E-state index contributed by atoms with van der Waals surface area (Å²) in [6.45, 7) is 3.83. The number of esters is 1. The number of rotatable bonds is 4. The summed E-state index contributed by atoms with van der Waals surface area (Å²) in [6, 6.07) is 1.71. The number of halogens is 1. The van der Waals surface area contributed by atoms with Gasteiger partial charge in [-0.25, -0.2) is 4.79 Å². The molecular formula is C12H15BrO3. The fourth-order valence-corrected chi connectivity index (χ4v) is 1.88. The normalized spacial score (nSPS) is 11.6. The highest BCUT2D eigenvalue weighted by Crippen LogP contribution is 2.19. The number of carbonyl (C=O) groups is 1. The highest BCUT2D eigenvalue weighted by molar-refractivity contribution is 9.09. The molecule has 3 nitrogen and oxygen atoms in total. The zero-order chi connectivity index (χ0) is 12.1. The van der Waals surface area contributed by atoms with E-state index in [1.807, 2.05) is 6.08 Å². The first-order valence-electron chi connectivity index (χ1n) is 5.06. The van der Waals surface area contributed by atoms with Gasteiger partial charge in [-0.2, -0.15) is 0 Å². The minimum Gasteiger partial charge on any atom is -0.465 e. The van der Waals surface area contributed by atoms with E-state index in [1.165, 1.54) is 12.7 Å². The molecule has 0 saturated heterocycles. The third-order valence-corrected chi connectivity index (χ3v) is 3.03. The van der Waals surface area contributed by atoms with Crippen molar-refractivity contribution in [1.29, 1.82) is 0 Å². The second-order valence-electron chi connectivity index (χ2n) is 3.40. The molecule has 0 aliphatic heterocycles. The Kier molecular flexibility index (Phi) is 4.80. The summed E-state index contributed by atoms with van der Waals surface area (Å²) >= 11 is 3.40. The number of allylic oxidation sites excluding steroid dienone is 1. The summed E-state index contributed by atoms with van der Waals surface area (Å²) in [6.07, 6.45) is 2.88. The molecule has 0 unspecified atom stereocenters. The summed E-state index contributed by atoms with van der Waals surface area (Å²) in [4.78, 5) is 11.4. The molecule has 0 amide bonds. The lowest BCUT2D eigenvalue weighted by Crippen LogP contribution is -2.00. The Hall–Kier alpha value is -1.03. The molecular weight excluding hydrogens is 272 g/mol. The van der Waals surface area contributed by atoms with Crippen molar-refractivity contribution in [1.82, 2.24) is 0 Å². The zero-order valence-electron chi connectivity index (χ0n) is 9.67. The molecule has 88 valence electrons. The molecule has 1 aromatic rings. The summed E-state index contributed by atoms with van der Waals surface area (Å²) in [7, 11) is 1.36. The number of ether oxygens (including phenoxy) is 1. The molecule has 0 aliphatic rings. The lowest BCUT2D eigenvalue weighted by molar-refractivity contribution is 0.0599. The smallest absolute Gasteiger partial charge is 0.341 e. The van der Waals surface area contributed by atoms with Crippen LogP contribution >= 0.6 is 15.9 Å². The van der Waals surface area contributed by atoms with Gasteiger partial charge in [0, 0.05) is 5.33 Å². The quantitative estimate of drug-likeness (QED) is 0.628. The molecule has 0 fully saturated rings. The lowest BCUT2D eigenvalue weighted by atomic mass is 10.2. The standard InChI is InChI=1S/C12H15BrO3/c1-4-9(7-13)5-10-6-11(8(2)16-10)12(14)15-3/h5-6H,4,7H2,1-3H3. The summed E-state index contributed by atoms with van der Waals surface area (Å²) < 4.78 is 10.1. The van der Waals surface area contributed by atoms with E-state index in [-0.39, 0.29) is 5.97 Å². The van der Waals surface area contributed by atoms with Crippen LogP contribution < -0.4 is 0 Å². The number of carbonyl (C=O) groups excluding carboxylic acids is 1. The molecule has 0 aromatic carbocycles. The van der Waals surface area contributed by atoms with Crippen LogP contribution in [0.3, 0.4) is 0 Å². The van der Waals surface area contributed by atoms with Crippen LogP contribution in [0.15, 0.2) is 16.1 Å². The summed E-state index contributed by atoms with van der Waals surface area (Å²) in [5.41, 5.74) is 1.70. The van der Waals surface area contributed by atoms with Crippen molar-refractivity contribution in [3.63, 3.8) is 0 Å². The Bertz CT molecular complexity index is 398. The largest absolute Gasteiger partial charge is 0.465 e. The monoisotopic (exact) mass is 286 g/mol. The maximum absolute atomic E-state index is 11.4. The predicted molar refractivity (Wildman–Crippen MR) is 66.8 cm³/mol. The van der Waals surface area contributed by atoms with Gasteiger partial charge in [-0.15, -0.1) is 0 Å². The van der Waals surface area contributed by atoms with Crippen LogP contribution in [0.5, 0.6) is 0 Å². The number of hydrogen-bond donors (Lipinski definition) is 0. The van der Waals surface area contributed by atoms with Gasteiger partial charge in [0.1, 0.15) is 17.1 Å². The number of hydrogen-bond acceptors (Lipinski definition) is 3. The second-order valence-corrected chi connectivity index (χ2v) is 3.96. The average molecular weight is 287 g/mol. The van der Waals surface area contributed by atoms with Gasteiger partial charge in [0.15, 0.2) is 0 Å². The van der Waals surface area contributed by atoms with Crippen LogP contribution in [0.4, 0.5) is 0 Å². The van der Waals surface area contributed by atoms with Crippen LogP contribution in [0.25, 0.3) is 6.08 Å². The molecule has 16 heavy (non-hydrogen) atoms. The third kappa shape index (κ3) is 2.98. The molecule has 0 spiro atoms. The Morgan fingerprint density at radius 2 is 2.31 bits per heavy atom. The van der Waals surface area contributed by atoms with E-state index in [4.69, 9.17) is 4.42 Å². The van der Waals surface area contributed by atoms with Crippen molar-refractivity contribution < 1.29 is 13.9 Å². The Balaban J connectivity index is 3.01. The van der Waals surface area contributed by atoms with Gasteiger partial charge in [0.2, 0.25) is 0 Å². The van der Waals surface area contributed by atoms with Gasteiger partial charge in [-0.1, -0.05) is 28.4 Å². The van der Waals surface area contributed by atoms with Gasteiger partial charge in [0.25, 0.3) is 0 Å². The maximum Gasteiger partial charge on any atom is 0.341 e. The summed E-state index contributed by atoms with van der Waals surface area (Å²) in [5, 5.41) is 0.802. The average Bonchev–Trinajstić information content (AvgIpc) is 2.66. The number of furan rings is 1. The van der Waals surface area contributed by atoms with Gasteiger partial charge in [0.05, 0.1) is 7.11 Å². The first kappa shape index (κ1) is 13.0. The molecule has 0 bridgehead atoms. The number of methoxy groups -OCH3 is 1. The highest BCUT2D eigenvalue weighted by atomic mass is 79.9. The minimum atomic E-state index is -0.363. The van der Waals surface area contributed by atoms with Crippen LogP contribution in [0, 0.1) is 6.92 Å². The van der Waals surface area contributed by atoms with Gasteiger partial charge >= 0.3 is 5.97 Å². The Morgan fingerprint density at radius 1 is 1.62 bits per heavy atom. The lowest BCUT2D eigenvalue weighted by Gasteiger charge is -1.95. The van der Waals surface area contributed by atoms with E-state index >= 15 is 0 Å². The number of aryl methyl sites for hydroxylation is 1. The van der Waals surface area contributed by atoms with Crippen LogP contribution in [-0.4, -0.2) is 18.4 Å². The first-order valence-corrected chi connectivity index (χ1v) is 6.18. The SMILES string of the molecule is CCC(=Cc1cc(C(=O)OC)c(C)o1)CBr. The topological polar surface area (TPSA) is 39.4 Å². The fourth-order valence-electron chi connectivity index (χ4n) is 1.33. The third-order valence-electron chi connectivity index (χ3n) is 2.31. The molecule has 0 saturated carbocycles.